The van der Waals surface area contributed by atoms with Gasteiger partial charge in [0.25, 0.3) is 0 Å². The van der Waals surface area contributed by atoms with Crippen LogP contribution in [0.3, 0.4) is 0 Å². The van der Waals surface area contributed by atoms with Gasteiger partial charge in [0, 0.05) is 37.0 Å². The van der Waals surface area contributed by atoms with Crippen molar-refractivity contribution in [2.24, 2.45) is 5.92 Å². The minimum atomic E-state index is -1.00. The van der Waals surface area contributed by atoms with E-state index in [1.165, 1.54) is 0 Å². The molecule has 1 fully saturated rings. The third kappa shape index (κ3) is 9.41. The Kier molecular flexibility index (Phi) is 12.3. The summed E-state index contributed by atoms with van der Waals surface area (Å²) in [4.78, 5) is 25.0. The number of aliphatic carboxylic acids is 1. The number of ether oxygens (including phenoxy) is 2. The van der Waals surface area contributed by atoms with Crippen LogP contribution in [0, 0.1) is 5.92 Å². The number of aliphatic hydroxyl groups excluding tert-OH is 2. The summed E-state index contributed by atoms with van der Waals surface area (Å²) in [5, 5.41) is 32.4. The van der Waals surface area contributed by atoms with Crippen molar-refractivity contribution in [3.63, 3.8) is 0 Å². The van der Waals surface area contributed by atoms with Crippen LogP contribution in [-0.4, -0.2) is 57.8 Å². The maximum Gasteiger partial charge on any atom is 0.303 e. The third-order valence-corrected chi connectivity index (χ3v) is 9.36. The van der Waals surface area contributed by atoms with Gasteiger partial charge in [-0.1, -0.05) is 97.9 Å². The first-order valence-corrected chi connectivity index (χ1v) is 16.7. The van der Waals surface area contributed by atoms with E-state index in [0.717, 1.165) is 38.9 Å². The number of hydrogen-bond acceptors (Lipinski definition) is 7. The van der Waals surface area contributed by atoms with Gasteiger partial charge in [0.05, 0.1) is 31.3 Å². The molecule has 0 aliphatic carbocycles. The molecule has 9 heteroatoms. The van der Waals surface area contributed by atoms with E-state index in [0.29, 0.717) is 13.1 Å². The van der Waals surface area contributed by atoms with Crippen molar-refractivity contribution in [3.8, 4) is 11.1 Å². The Bertz CT molecular complexity index is 1680. The van der Waals surface area contributed by atoms with Gasteiger partial charge >= 0.3 is 5.97 Å². The normalized spacial score (nSPS) is 20.4. The molecule has 1 aliphatic heterocycles. The van der Waals surface area contributed by atoms with Gasteiger partial charge in [0.15, 0.2) is 6.29 Å². The van der Waals surface area contributed by atoms with E-state index >= 15 is 0 Å². The summed E-state index contributed by atoms with van der Waals surface area (Å²) in [5.41, 5.74) is 6.36. The lowest BCUT2D eigenvalue weighted by Crippen LogP contribution is -2.46. The SMILES string of the molecule is C[C@H]1[C@@H](CN(C)[C@@H](C)[C@H](O)c2ccccc2)O[C@@H](c2cccc(-c3cccc(CNC(=O)CCC(=O)O)c3)c2)O[C@H]1c1ccc(CO)cc1. The number of nitrogens with zero attached hydrogens (tertiary/aromatic N) is 1. The van der Waals surface area contributed by atoms with Crippen molar-refractivity contribution in [1.82, 2.24) is 10.2 Å². The topological polar surface area (TPSA) is 129 Å². The number of likely N-dealkylation sites (N-methyl/N-ethyl adjacent to an activating group) is 1. The molecular formula is C40H46N2O7. The van der Waals surface area contributed by atoms with E-state index in [2.05, 4.69) is 23.2 Å². The lowest BCUT2D eigenvalue weighted by atomic mass is 9.89. The number of rotatable bonds is 14. The van der Waals surface area contributed by atoms with Crippen molar-refractivity contribution in [2.75, 3.05) is 13.6 Å². The average molecular weight is 667 g/mol. The summed E-state index contributed by atoms with van der Waals surface area (Å²) in [6.07, 6.45) is -2.10. The minimum absolute atomic E-state index is 0.0229. The van der Waals surface area contributed by atoms with E-state index in [1.54, 1.807) is 0 Å². The molecule has 258 valence electrons. The predicted octanol–water partition coefficient (Wildman–Crippen LogP) is 6.17. The first-order chi connectivity index (χ1) is 23.6. The molecule has 0 aromatic heterocycles. The number of nitrogens with one attached hydrogen (secondary N) is 1. The molecule has 4 N–H and O–H groups in total. The van der Waals surface area contributed by atoms with Crippen LogP contribution in [0.25, 0.3) is 11.1 Å². The Morgan fingerprint density at radius 3 is 2.22 bits per heavy atom. The summed E-state index contributed by atoms with van der Waals surface area (Å²) in [6.45, 7) is 4.97. The Morgan fingerprint density at radius 1 is 0.837 bits per heavy atom. The van der Waals surface area contributed by atoms with E-state index in [1.807, 2.05) is 111 Å². The van der Waals surface area contributed by atoms with Crippen LogP contribution in [0.2, 0.25) is 0 Å². The second-order valence-corrected chi connectivity index (χ2v) is 12.9. The van der Waals surface area contributed by atoms with Crippen LogP contribution in [0.1, 0.15) is 73.0 Å². The van der Waals surface area contributed by atoms with Gasteiger partial charge in [-0.15, -0.1) is 0 Å². The molecule has 6 atom stereocenters. The third-order valence-electron chi connectivity index (χ3n) is 9.36. The molecule has 5 rings (SSSR count). The van der Waals surface area contributed by atoms with Crippen molar-refractivity contribution in [1.29, 1.82) is 0 Å². The molecule has 0 spiro atoms. The second-order valence-electron chi connectivity index (χ2n) is 12.9. The number of carbonyl (C=O) groups is 2. The molecular weight excluding hydrogens is 620 g/mol. The Labute approximate surface area is 288 Å². The quantitative estimate of drug-likeness (QED) is 0.126. The number of carboxylic acid groups (broad SMARTS) is 1. The maximum absolute atomic E-state index is 12.1. The van der Waals surface area contributed by atoms with Crippen LogP contribution in [0.4, 0.5) is 0 Å². The molecule has 1 aliphatic rings. The number of carbonyl (C=O) groups excluding carboxylic acids is 1. The highest BCUT2D eigenvalue weighted by molar-refractivity contribution is 5.80. The van der Waals surface area contributed by atoms with Gasteiger partial charge in [0.2, 0.25) is 5.91 Å². The van der Waals surface area contributed by atoms with Crippen LogP contribution in [-0.2, 0) is 32.2 Å². The monoisotopic (exact) mass is 666 g/mol. The number of amides is 1. The van der Waals surface area contributed by atoms with Gasteiger partial charge in [0.1, 0.15) is 0 Å². The first kappa shape index (κ1) is 35.9. The molecule has 1 saturated heterocycles. The smallest absolute Gasteiger partial charge is 0.303 e. The fraction of sp³-hybridized carbons (Fsp3) is 0.350. The van der Waals surface area contributed by atoms with Crippen molar-refractivity contribution < 1.29 is 34.4 Å². The highest BCUT2D eigenvalue weighted by atomic mass is 16.7. The van der Waals surface area contributed by atoms with E-state index in [4.69, 9.17) is 14.6 Å². The number of carboxylic acids is 1. The van der Waals surface area contributed by atoms with Gasteiger partial charge in [-0.05, 0) is 59.5 Å². The lowest BCUT2D eigenvalue weighted by Gasteiger charge is -2.43. The van der Waals surface area contributed by atoms with Gasteiger partial charge in [-0.2, -0.15) is 0 Å². The summed E-state index contributed by atoms with van der Waals surface area (Å²) in [7, 11) is 2.00. The summed E-state index contributed by atoms with van der Waals surface area (Å²) in [5.74, 6) is -1.33. The lowest BCUT2D eigenvalue weighted by molar-refractivity contribution is -0.276. The molecule has 0 radical (unpaired) electrons. The summed E-state index contributed by atoms with van der Waals surface area (Å²) >= 11 is 0. The molecule has 1 amide bonds. The highest BCUT2D eigenvalue weighted by Crippen LogP contribution is 2.42. The number of benzene rings is 4. The van der Waals surface area contributed by atoms with Crippen molar-refractivity contribution in [3.05, 3.63) is 131 Å². The van der Waals surface area contributed by atoms with E-state index in [9.17, 15) is 19.8 Å². The molecule has 4 aromatic rings. The zero-order valence-corrected chi connectivity index (χ0v) is 28.2. The van der Waals surface area contributed by atoms with Crippen LogP contribution in [0.5, 0.6) is 0 Å². The Morgan fingerprint density at radius 2 is 1.53 bits per heavy atom. The number of aliphatic hydroxyl groups is 2. The Hall–Kier alpha value is -4.38. The summed E-state index contributed by atoms with van der Waals surface area (Å²) < 4.78 is 13.4. The van der Waals surface area contributed by atoms with Crippen molar-refractivity contribution >= 4 is 11.9 Å². The molecule has 4 aromatic carbocycles. The molecule has 49 heavy (non-hydrogen) atoms. The Balaban J connectivity index is 1.37. The largest absolute Gasteiger partial charge is 0.481 e. The van der Waals surface area contributed by atoms with E-state index < -0.39 is 18.4 Å². The van der Waals surface area contributed by atoms with Gasteiger partial charge in [-0.3, -0.25) is 14.5 Å². The molecule has 0 bridgehead atoms. The standard InChI is InChI=1S/C40H46N2O7/c1-26-35(24-42(3)27(2)38(47)30-10-5-4-6-11-30)48-40(49-39(26)31-17-15-28(25-43)16-18-31)34-14-8-13-33(22-34)32-12-7-9-29(21-32)23-41-36(44)19-20-37(45)46/h4-18,21-22,26-27,35,38-40,43,47H,19-20,23-25H2,1-3H3,(H,41,44)(H,45,46)/t26-,27-,35+,38-,39+,40+/m0/s1. The van der Waals surface area contributed by atoms with Gasteiger partial charge < -0.3 is 30.1 Å². The molecule has 1 heterocycles. The minimum Gasteiger partial charge on any atom is -0.481 e. The van der Waals surface area contributed by atoms with Crippen molar-refractivity contribution in [2.45, 2.75) is 70.5 Å². The second kappa shape index (κ2) is 16.8. The predicted molar refractivity (Wildman–Crippen MR) is 187 cm³/mol. The average Bonchev–Trinajstić information content (AvgIpc) is 3.13. The van der Waals surface area contributed by atoms with Crippen LogP contribution in [0.15, 0.2) is 103 Å². The highest BCUT2D eigenvalue weighted by Gasteiger charge is 2.39. The summed E-state index contributed by atoms with van der Waals surface area (Å²) in [6, 6.07) is 33.2. The van der Waals surface area contributed by atoms with Crippen LogP contribution >= 0.6 is 0 Å². The zero-order chi connectivity index (χ0) is 34.9. The molecule has 0 saturated carbocycles. The maximum atomic E-state index is 12.1. The van der Waals surface area contributed by atoms with E-state index in [-0.39, 0.29) is 49.5 Å². The molecule has 0 unspecified atom stereocenters. The fourth-order valence-corrected chi connectivity index (χ4v) is 6.18. The number of hydrogen-bond donors (Lipinski definition) is 4. The fourth-order valence-electron chi connectivity index (χ4n) is 6.18. The van der Waals surface area contributed by atoms with Crippen LogP contribution < -0.4 is 5.32 Å². The molecule has 9 nitrogen and oxygen atoms in total. The first-order valence-electron chi connectivity index (χ1n) is 16.7. The van der Waals surface area contributed by atoms with Gasteiger partial charge in [-0.25, -0.2) is 0 Å². The zero-order valence-electron chi connectivity index (χ0n) is 28.2.